The van der Waals surface area contributed by atoms with Crippen LogP contribution < -0.4 is 4.74 Å². The average molecular weight is 297 g/mol. The van der Waals surface area contributed by atoms with Crippen LogP contribution in [0.4, 0.5) is 8.78 Å². The van der Waals surface area contributed by atoms with E-state index in [0.29, 0.717) is 5.75 Å². The minimum absolute atomic E-state index is 0.0240. The monoisotopic (exact) mass is 296 g/mol. The number of rotatable bonds is 3. The van der Waals surface area contributed by atoms with Crippen molar-refractivity contribution in [3.05, 3.63) is 63.7 Å². The van der Waals surface area contributed by atoms with E-state index in [-0.39, 0.29) is 16.1 Å². The van der Waals surface area contributed by atoms with Crippen molar-refractivity contribution < 1.29 is 18.3 Å². The number of hydrogen-bond acceptors (Lipinski definition) is 2. The second-order valence-electron chi connectivity index (χ2n) is 4.23. The lowest BCUT2D eigenvalue weighted by molar-refractivity contribution is 0.103. The Labute approximate surface area is 119 Å². The van der Waals surface area contributed by atoms with Gasteiger partial charge in [-0.05, 0) is 36.8 Å². The van der Waals surface area contributed by atoms with Gasteiger partial charge in [0.2, 0.25) is 0 Å². The number of aryl methyl sites for hydroxylation is 1. The molecule has 0 saturated heterocycles. The first-order valence-corrected chi connectivity index (χ1v) is 6.16. The van der Waals surface area contributed by atoms with Crippen LogP contribution in [-0.4, -0.2) is 12.9 Å². The number of carbonyl (C=O) groups excluding carboxylic acids is 1. The Morgan fingerprint density at radius 2 is 1.90 bits per heavy atom. The Morgan fingerprint density at radius 1 is 1.20 bits per heavy atom. The van der Waals surface area contributed by atoms with Gasteiger partial charge < -0.3 is 4.74 Å². The Hall–Kier alpha value is -1.94. The highest BCUT2D eigenvalue weighted by molar-refractivity contribution is 6.35. The topological polar surface area (TPSA) is 26.3 Å². The number of methoxy groups -OCH3 is 1. The molecular formula is C15H11ClF2O2. The third-order valence-corrected chi connectivity index (χ3v) is 3.24. The summed E-state index contributed by atoms with van der Waals surface area (Å²) in [6.45, 7) is 1.46. The maximum absolute atomic E-state index is 13.9. The van der Waals surface area contributed by atoms with E-state index in [2.05, 4.69) is 0 Å². The molecule has 0 bridgehead atoms. The Bertz CT molecular complexity index is 684. The van der Waals surface area contributed by atoms with Crippen LogP contribution >= 0.6 is 11.6 Å². The normalized spacial score (nSPS) is 10.4. The molecule has 0 amide bonds. The summed E-state index contributed by atoms with van der Waals surface area (Å²) in [6, 6.07) is 6.63. The summed E-state index contributed by atoms with van der Waals surface area (Å²) in [5.74, 6) is -2.13. The standard InChI is InChI=1S/C15H11ClF2O2/c1-8-3-6-12(17)13(14(8)18)15(19)10-5-4-9(20-2)7-11(10)16/h3-7H,1-2H3. The van der Waals surface area contributed by atoms with Gasteiger partial charge >= 0.3 is 0 Å². The van der Waals surface area contributed by atoms with E-state index in [0.717, 1.165) is 6.07 Å². The fraction of sp³-hybridized carbons (Fsp3) is 0.133. The van der Waals surface area contributed by atoms with Crippen molar-refractivity contribution in [3.8, 4) is 5.75 Å². The van der Waals surface area contributed by atoms with Crippen molar-refractivity contribution in [1.29, 1.82) is 0 Å². The molecule has 0 N–H and O–H groups in total. The average Bonchev–Trinajstić information content (AvgIpc) is 2.43. The van der Waals surface area contributed by atoms with Crippen LogP contribution in [-0.2, 0) is 0 Å². The molecule has 0 aromatic heterocycles. The van der Waals surface area contributed by atoms with Gasteiger partial charge in [-0.2, -0.15) is 0 Å². The van der Waals surface area contributed by atoms with Crippen molar-refractivity contribution in [3.63, 3.8) is 0 Å². The molecule has 0 fully saturated rings. The van der Waals surface area contributed by atoms with E-state index in [1.54, 1.807) is 0 Å². The van der Waals surface area contributed by atoms with Crippen LogP contribution in [0.5, 0.6) is 5.75 Å². The van der Waals surface area contributed by atoms with Gasteiger partial charge in [-0.25, -0.2) is 8.78 Å². The molecule has 0 heterocycles. The molecule has 0 unspecified atom stereocenters. The first-order chi connectivity index (χ1) is 9.45. The maximum Gasteiger partial charge on any atom is 0.200 e. The van der Waals surface area contributed by atoms with Crippen LogP contribution in [0.15, 0.2) is 30.3 Å². The summed E-state index contributed by atoms with van der Waals surface area (Å²) < 4.78 is 32.6. The Kier molecular flexibility index (Phi) is 4.04. The van der Waals surface area contributed by atoms with E-state index >= 15 is 0 Å². The molecule has 20 heavy (non-hydrogen) atoms. The molecule has 0 atom stereocenters. The van der Waals surface area contributed by atoms with Crippen molar-refractivity contribution in [2.45, 2.75) is 6.92 Å². The molecular weight excluding hydrogens is 286 g/mol. The highest BCUT2D eigenvalue weighted by Crippen LogP contribution is 2.27. The van der Waals surface area contributed by atoms with Gasteiger partial charge in [-0.15, -0.1) is 0 Å². The van der Waals surface area contributed by atoms with E-state index in [4.69, 9.17) is 16.3 Å². The lowest BCUT2D eigenvalue weighted by Crippen LogP contribution is -2.09. The number of carbonyl (C=O) groups is 1. The molecule has 2 aromatic carbocycles. The SMILES string of the molecule is COc1ccc(C(=O)c2c(F)ccc(C)c2F)c(Cl)c1. The molecule has 104 valence electrons. The summed E-state index contributed by atoms with van der Waals surface area (Å²) in [4.78, 5) is 12.3. The number of benzene rings is 2. The molecule has 5 heteroatoms. The number of ketones is 1. The third kappa shape index (κ3) is 2.51. The summed E-state index contributed by atoms with van der Waals surface area (Å²) in [5, 5.41) is 0.0784. The van der Waals surface area contributed by atoms with Gasteiger partial charge in [0.05, 0.1) is 17.7 Å². The summed E-state index contributed by atoms with van der Waals surface area (Å²) in [7, 11) is 1.45. The van der Waals surface area contributed by atoms with Crippen LogP contribution in [0.25, 0.3) is 0 Å². The number of hydrogen-bond donors (Lipinski definition) is 0. The zero-order valence-electron chi connectivity index (χ0n) is 10.8. The summed E-state index contributed by atoms with van der Waals surface area (Å²) in [6.07, 6.45) is 0. The lowest BCUT2D eigenvalue weighted by Gasteiger charge is -2.09. The fourth-order valence-corrected chi connectivity index (χ4v) is 2.06. The van der Waals surface area contributed by atoms with Crippen molar-refractivity contribution in [2.75, 3.05) is 7.11 Å². The molecule has 0 radical (unpaired) electrons. The van der Waals surface area contributed by atoms with E-state index in [1.165, 1.54) is 38.3 Å². The first kappa shape index (κ1) is 14.5. The summed E-state index contributed by atoms with van der Waals surface area (Å²) in [5.41, 5.74) is -0.382. The Balaban J connectivity index is 2.55. The second-order valence-corrected chi connectivity index (χ2v) is 4.64. The molecule has 0 spiro atoms. The first-order valence-electron chi connectivity index (χ1n) is 5.78. The minimum atomic E-state index is -0.912. The quantitative estimate of drug-likeness (QED) is 0.795. The highest BCUT2D eigenvalue weighted by Gasteiger charge is 2.22. The predicted octanol–water partition coefficient (Wildman–Crippen LogP) is 4.17. The van der Waals surface area contributed by atoms with Gasteiger partial charge in [0.15, 0.2) is 5.78 Å². The van der Waals surface area contributed by atoms with Gasteiger partial charge in [0.25, 0.3) is 0 Å². The van der Waals surface area contributed by atoms with Crippen LogP contribution in [0, 0.1) is 18.6 Å². The van der Waals surface area contributed by atoms with Gasteiger partial charge in [0.1, 0.15) is 17.4 Å². The van der Waals surface area contributed by atoms with E-state index in [1.807, 2.05) is 0 Å². The van der Waals surface area contributed by atoms with Gasteiger partial charge in [-0.1, -0.05) is 17.7 Å². The highest BCUT2D eigenvalue weighted by atomic mass is 35.5. The molecule has 0 saturated carbocycles. The molecule has 0 aliphatic heterocycles. The van der Waals surface area contributed by atoms with Crippen LogP contribution in [0.1, 0.15) is 21.5 Å². The molecule has 2 nitrogen and oxygen atoms in total. The Morgan fingerprint density at radius 3 is 2.50 bits per heavy atom. The fourth-order valence-electron chi connectivity index (χ4n) is 1.81. The maximum atomic E-state index is 13.9. The van der Waals surface area contributed by atoms with Gasteiger partial charge in [0, 0.05) is 5.56 Å². The van der Waals surface area contributed by atoms with E-state index in [9.17, 15) is 13.6 Å². The molecule has 0 aliphatic rings. The van der Waals surface area contributed by atoms with Crippen LogP contribution in [0.3, 0.4) is 0 Å². The smallest absolute Gasteiger partial charge is 0.200 e. The molecule has 2 rings (SSSR count). The van der Waals surface area contributed by atoms with Crippen molar-refractivity contribution in [2.24, 2.45) is 0 Å². The zero-order chi connectivity index (χ0) is 14.9. The molecule has 2 aromatic rings. The van der Waals surface area contributed by atoms with Crippen LogP contribution in [0.2, 0.25) is 5.02 Å². The lowest BCUT2D eigenvalue weighted by atomic mass is 10.00. The zero-order valence-corrected chi connectivity index (χ0v) is 11.6. The largest absolute Gasteiger partial charge is 0.497 e. The predicted molar refractivity (Wildman–Crippen MR) is 72.5 cm³/mol. The third-order valence-electron chi connectivity index (χ3n) is 2.93. The van der Waals surface area contributed by atoms with Gasteiger partial charge in [-0.3, -0.25) is 4.79 Å². The minimum Gasteiger partial charge on any atom is -0.497 e. The molecule has 0 aliphatic carbocycles. The van der Waals surface area contributed by atoms with Crippen molar-refractivity contribution >= 4 is 17.4 Å². The van der Waals surface area contributed by atoms with E-state index < -0.39 is 23.0 Å². The van der Waals surface area contributed by atoms with Crippen molar-refractivity contribution in [1.82, 2.24) is 0 Å². The summed E-state index contributed by atoms with van der Waals surface area (Å²) >= 11 is 5.95. The number of halogens is 3. The number of ether oxygens (including phenoxy) is 1. The second kappa shape index (κ2) is 5.59.